The molecule has 1 N–H and O–H groups in total. The summed E-state index contributed by atoms with van der Waals surface area (Å²) >= 11 is 0. The van der Waals surface area contributed by atoms with Gasteiger partial charge in [-0.3, -0.25) is 4.90 Å². The predicted molar refractivity (Wildman–Crippen MR) is 72.7 cm³/mol. The standard InChI is InChI=1S/C15H24N2O/c1-10-7-14(12(3)18-10)11(2)17-8-13-5-4-6-16-15(13)9-17/h7,11,13,15-16H,4-6,8-9H2,1-3H3/t11?,13-,15+/m0/s1. The third-order valence-corrected chi connectivity index (χ3v) is 4.70. The summed E-state index contributed by atoms with van der Waals surface area (Å²) in [6.07, 6.45) is 2.73. The molecular weight excluding hydrogens is 224 g/mol. The number of rotatable bonds is 2. The average Bonchev–Trinajstić information content (AvgIpc) is 2.91. The van der Waals surface area contributed by atoms with Crippen LogP contribution in [-0.2, 0) is 0 Å². The van der Waals surface area contributed by atoms with Gasteiger partial charge in [0.2, 0.25) is 0 Å². The molecule has 0 radical (unpaired) electrons. The Morgan fingerprint density at radius 1 is 1.39 bits per heavy atom. The Balaban J connectivity index is 1.73. The van der Waals surface area contributed by atoms with Crippen molar-refractivity contribution < 1.29 is 4.42 Å². The summed E-state index contributed by atoms with van der Waals surface area (Å²) in [4.78, 5) is 2.62. The Morgan fingerprint density at radius 2 is 2.22 bits per heavy atom. The van der Waals surface area contributed by atoms with Gasteiger partial charge in [0.1, 0.15) is 11.5 Å². The van der Waals surface area contributed by atoms with E-state index in [4.69, 9.17) is 4.42 Å². The minimum absolute atomic E-state index is 0.481. The molecule has 3 heteroatoms. The summed E-state index contributed by atoms with van der Waals surface area (Å²) in [5, 5.41) is 3.67. The molecule has 2 aliphatic heterocycles. The molecule has 2 aliphatic rings. The zero-order chi connectivity index (χ0) is 12.7. The monoisotopic (exact) mass is 248 g/mol. The van der Waals surface area contributed by atoms with Crippen LogP contribution in [0.2, 0.25) is 0 Å². The van der Waals surface area contributed by atoms with Crippen molar-refractivity contribution in [2.45, 2.75) is 45.7 Å². The van der Waals surface area contributed by atoms with E-state index in [9.17, 15) is 0 Å². The Bertz CT molecular complexity index is 412. The Labute approximate surface area is 110 Å². The number of hydrogen-bond donors (Lipinski definition) is 1. The van der Waals surface area contributed by atoms with Crippen LogP contribution in [0.15, 0.2) is 10.5 Å². The molecule has 0 aromatic carbocycles. The zero-order valence-corrected chi connectivity index (χ0v) is 11.7. The van der Waals surface area contributed by atoms with Gasteiger partial charge >= 0.3 is 0 Å². The molecule has 0 saturated carbocycles. The first kappa shape index (κ1) is 12.2. The molecule has 3 nitrogen and oxygen atoms in total. The summed E-state index contributed by atoms with van der Waals surface area (Å²) in [5.41, 5.74) is 1.37. The Kier molecular flexibility index (Phi) is 3.20. The molecule has 2 saturated heterocycles. The number of aryl methyl sites for hydroxylation is 2. The summed E-state index contributed by atoms with van der Waals surface area (Å²) in [7, 11) is 0. The van der Waals surface area contributed by atoms with Crippen molar-refractivity contribution in [3.8, 4) is 0 Å². The number of piperidine rings is 1. The highest BCUT2D eigenvalue weighted by Gasteiger charge is 2.36. The fourth-order valence-electron chi connectivity index (χ4n) is 3.66. The predicted octanol–water partition coefficient (Wildman–Crippen LogP) is 2.64. The number of nitrogens with one attached hydrogen (secondary N) is 1. The van der Waals surface area contributed by atoms with E-state index in [1.807, 2.05) is 6.92 Å². The van der Waals surface area contributed by atoms with Crippen molar-refractivity contribution in [3.05, 3.63) is 23.2 Å². The number of nitrogens with zero attached hydrogens (tertiary/aromatic N) is 1. The van der Waals surface area contributed by atoms with Gasteiger partial charge in [0.05, 0.1) is 0 Å². The lowest BCUT2D eigenvalue weighted by atomic mass is 9.94. The number of furan rings is 1. The average molecular weight is 248 g/mol. The van der Waals surface area contributed by atoms with E-state index < -0.39 is 0 Å². The van der Waals surface area contributed by atoms with Crippen LogP contribution in [0.4, 0.5) is 0 Å². The molecular formula is C15H24N2O. The van der Waals surface area contributed by atoms with Gasteiger partial charge in [0, 0.05) is 30.7 Å². The number of likely N-dealkylation sites (tertiary alicyclic amines) is 1. The molecule has 18 heavy (non-hydrogen) atoms. The van der Waals surface area contributed by atoms with Gasteiger partial charge in [0.25, 0.3) is 0 Å². The van der Waals surface area contributed by atoms with Gasteiger partial charge < -0.3 is 9.73 Å². The van der Waals surface area contributed by atoms with Gasteiger partial charge in [-0.2, -0.15) is 0 Å². The third-order valence-electron chi connectivity index (χ3n) is 4.70. The molecule has 0 spiro atoms. The van der Waals surface area contributed by atoms with E-state index in [1.54, 1.807) is 0 Å². The lowest BCUT2D eigenvalue weighted by molar-refractivity contribution is 0.248. The molecule has 3 rings (SSSR count). The first-order valence-electron chi connectivity index (χ1n) is 7.19. The maximum atomic E-state index is 5.67. The first-order chi connectivity index (χ1) is 8.65. The maximum absolute atomic E-state index is 5.67. The van der Waals surface area contributed by atoms with E-state index >= 15 is 0 Å². The highest BCUT2D eigenvalue weighted by atomic mass is 16.3. The maximum Gasteiger partial charge on any atom is 0.105 e. The van der Waals surface area contributed by atoms with Crippen LogP contribution < -0.4 is 5.32 Å². The van der Waals surface area contributed by atoms with Crippen molar-refractivity contribution in [1.29, 1.82) is 0 Å². The smallest absolute Gasteiger partial charge is 0.105 e. The fraction of sp³-hybridized carbons (Fsp3) is 0.733. The molecule has 0 amide bonds. The van der Waals surface area contributed by atoms with Gasteiger partial charge in [0.15, 0.2) is 0 Å². The first-order valence-corrected chi connectivity index (χ1v) is 7.19. The molecule has 0 bridgehead atoms. The van der Waals surface area contributed by atoms with Gasteiger partial charge in [-0.05, 0) is 52.1 Å². The van der Waals surface area contributed by atoms with Crippen LogP contribution in [0.25, 0.3) is 0 Å². The molecule has 1 aromatic heterocycles. The topological polar surface area (TPSA) is 28.4 Å². The molecule has 3 heterocycles. The molecule has 3 atom stereocenters. The summed E-state index contributed by atoms with van der Waals surface area (Å²) in [6.45, 7) is 10.1. The van der Waals surface area contributed by atoms with E-state index in [0.29, 0.717) is 6.04 Å². The zero-order valence-electron chi connectivity index (χ0n) is 11.7. The lowest BCUT2D eigenvalue weighted by Crippen LogP contribution is -2.40. The number of hydrogen-bond acceptors (Lipinski definition) is 3. The Morgan fingerprint density at radius 3 is 2.89 bits per heavy atom. The summed E-state index contributed by atoms with van der Waals surface area (Å²) in [6, 6.07) is 3.40. The largest absolute Gasteiger partial charge is 0.466 e. The Hall–Kier alpha value is -0.800. The van der Waals surface area contributed by atoms with Crippen LogP contribution in [-0.4, -0.2) is 30.6 Å². The van der Waals surface area contributed by atoms with Crippen molar-refractivity contribution in [2.24, 2.45) is 5.92 Å². The minimum atomic E-state index is 0.481. The van der Waals surface area contributed by atoms with Crippen LogP contribution in [0.1, 0.15) is 42.9 Å². The van der Waals surface area contributed by atoms with E-state index in [1.165, 1.54) is 38.0 Å². The normalized spacial score (nSPS) is 30.4. The summed E-state index contributed by atoms with van der Waals surface area (Å²) < 4.78 is 5.67. The van der Waals surface area contributed by atoms with Crippen LogP contribution in [0.5, 0.6) is 0 Å². The van der Waals surface area contributed by atoms with Gasteiger partial charge in [-0.25, -0.2) is 0 Å². The van der Waals surface area contributed by atoms with E-state index in [-0.39, 0.29) is 0 Å². The summed E-state index contributed by atoms with van der Waals surface area (Å²) in [5.74, 6) is 2.97. The van der Waals surface area contributed by atoms with Gasteiger partial charge in [-0.15, -0.1) is 0 Å². The van der Waals surface area contributed by atoms with Crippen LogP contribution >= 0.6 is 0 Å². The van der Waals surface area contributed by atoms with Crippen molar-refractivity contribution in [2.75, 3.05) is 19.6 Å². The molecule has 2 fully saturated rings. The van der Waals surface area contributed by atoms with Crippen LogP contribution in [0.3, 0.4) is 0 Å². The second-order valence-electron chi connectivity index (χ2n) is 5.96. The molecule has 0 aliphatic carbocycles. The van der Waals surface area contributed by atoms with Crippen molar-refractivity contribution in [1.82, 2.24) is 10.2 Å². The van der Waals surface area contributed by atoms with E-state index in [2.05, 4.69) is 30.1 Å². The molecule has 1 unspecified atom stereocenters. The number of fused-ring (bicyclic) bond motifs is 1. The second-order valence-corrected chi connectivity index (χ2v) is 5.96. The van der Waals surface area contributed by atoms with Crippen LogP contribution in [0, 0.1) is 19.8 Å². The van der Waals surface area contributed by atoms with Crippen molar-refractivity contribution >= 4 is 0 Å². The SMILES string of the molecule is Cc1cc(C(C)N2C[C@@H]3CCCN[C@@H]3C2)c(C)o1. The highest BCUT2D eigenvalue weighted by molar-refractivity contribution is 5.24. The minimum Gasteiger partial charge on any atom is -0.466 e. The third kappa shape index (κ3) is 2.10. The van der Waals surface area contributed by atoms with E-state index in [0.717, 1.165) is 23.5 Å². The quantitative estimate of drug-likeness (QED) is 0.872. The molecule has 1 aromatic rings. The molecule has 100 valence electrons. The fourth-order valence-corrected chi connectivity index (χ4v) is 3.66. The highest BCUT2D eigenvalue weighted by Crippen LogP contribution is 2.33. The second kappa shape index (κ2) is 4.71. The lowest BCUT2D eigenvalue weighted by Gasteiger charge is -2.25. The van der Waals surface area contributed by atoms with Crippen molar-refractivity contribution in [3.63, 3.8) is 0 Å². The van der Waals surface area contributed by atoms with Gasteiger partial charge in [-0.1, -0.05) is 0 Å².